The van der Waals surface area contributed by atoms with Gasteiger partial charge in [-0.1, -0.05) is 6.92 Å². The SMILES string of the molecule is Cc1nc(N)c2ncn([C@@H]3O[C@H](COP(C)(=O)N[C@@H](C)C(=O)OC(C)C)[C@](C)(COP(C)(=O)N[C@@H](C)C(=O)OC(C)C)C3F)c2n1. The Hall–Kier alpha value is -2.52. The molecule has 19 heteroatoms. The highest BCUT2D eigenvalue weighted by molar-refractivity contribution is 7.56. The van der Waals surface area contributed by atoms with Crippen molar-refractivity contribution >= 4 is 44.0 Å². The van der Waals surface area contributed by atoms with Gasteiger partial charge in [0.2, 0.25) is 0 Å². The fraction of sp³-hybridized carbons (Fsp3) is 0.741. The summed E-state index contributed by atoms with van der Waals surface area (Å²) in [6.07, 6.45) is -3.72. The number of aromatic nitrogens is 4. The van der Waals surface area contributed by atoms with Gasteiger partial charge in [-0.25, -0.2) is 29.5 Å². The van der Waals surface area contributed by atoms with Crippen molar-refractivity contribution in [3.8, 4) is 0 Å². The maximum atomic E-state index is 16.6. The zero-order valence-corrected chi connectivity index (χ0v) is 29.6. The van der Waals surface area contributed by atoms with Gasteiger partial charge in [0.25, 0.3) is 15.0 Å². The lowest BCUT2D eigenvalue weighted by molar-refractivity contribution is -0.149. The van der Waals surface area contributed by atoms with Gasteiger partial charge in [0, 0.05) is 13.3 Å². The second-order valence-corrected chi connectivity index (χ2v) is 16.8. The number of nitrogens with zero attached hydrogens (tertiary/aromatic N) is 4. The van der Waals surface area contributed by atoms with Crippen LogP contribution in [0.3, 0.4) is 0 Å². The summed E-state index contributed by atoms with van der Waals surface area (Å²) in [5.41, 5.74) is 4.93. The monoisotopic (exact) mass is 693 g/mol. The molecular weight excluding hydrogens is 647 g/mol. The normalized spacial score (nSPS) is 25.7. The number of carbonyl (C=O) groups excluding carboxylic acids is 2. The fourth-order valence-corrected chi connectivity index (χ4v) is 7.48. The van der Waals surface area contributed by atoms with E-state index in [0.29, 0.717) is 5.82 Å². The number of hydrogen-bond donors (Lipinski definition) is 3. The van der Waals surface area contributed by atoms with Crippen molar-refractivity contribution in [2.75, 3.05) is 32.3 Å². The molecule has 1 fully saturated rings. The molecule has 0 spiro atoms. The van der Waals surface area contributed by atoms with Gasteiger partial charge in [0.15, 0.2) is 23.9 Å². The Bertz CT molecular complexity index is 1510. The Morgan fingerprint density at radius 1 is 1.02 bits per heavy atom. The smallest absolute Gasteiger partial charge is 0.323 e. The zero-order valence-electron chi connectivity index (χ0n) is 27.8. The molecule has 1 aliphatic rings. The molecule has 3 rings (SSSR count). The van der Waals surface area contributed by atoms with Crippen molar-refractivity contribution in [1.82, 2.24) is 29.7 Å². The molecule has 3 unspecified atom stereocenters. The van der Waals surface area contributed by atoms with Crippen LogP contribution in [-0.4, -0.2) is 94.6 Å². The van der Waals surface area contributed by atoms with Crippen LogP contribution in [0, 0.1) is 12.3 Å². The van der Waals surface area contributed by atoms with Gasteiger partial charge < -0.3 is 29.0 Å². The number of imidazole rings is 1. The van der Waals surface area contributed by atoms with Crippen molar-refractivity contribution in [3.63, 3.8) is 0 Å². The number of alkyl halides is 1. The van der Waals surface area contributed by atoms with E-state index in [-0.39, 0.29) is 29.2 Å². The Morgan fingerprint density at radius 2 is 1.54 bits per heavy atom. The lowest BCUT2D eigenvalue weighted by atomic mass is 9.82. The first kappa shape index (κ1) is 37.9. The number of aryl methyl sites for hydroxylation is 1. The molecule has 0 aromatic carbocycles. The van der Waals surface area contributed by atoms with Crippen molar-refractivity contribution in [2.24, 2.45) is 5.41 Å². The van der Waals surface area contributed by atoms with Crippen LogP contribution in [0.15, 0.2) is 6.33 Å². The number of ether oxygens (including phenoxy) is 3. The van der Waals surface area contributed by atoms with Gasteiger partial charge >= 0.3 is 11.9 Å². The topological polar surface area (TPSA) is 208 Å². The average Bonchev–Trinajstić information content (AvgIpc) is 3.44. The molecule has 2 aromatic rings. The van der Waals surface area contributed by atoms with Crippen molar-refractivity contribution < 1.29 is 46.4 Å². The summed E-state index contributed by atoms with van der Waals surface area (Å²) in [4.78, 5) is 37.3. The van der Waals surface area contributed by atoms with Gasteiger partial charge in [-0.2, -0.15) is 0 Å². The van der Waals surface area contributed by atoms with E-state index < -0.39 is 76.2 Å². The van der Waals surface area contributed by atoms with E-state index in [1.807, 2.05) is 0 Å². The van der Waals surface area contributed by atoms with Crippen LogP contribution in [0.5, 0.6) is 0 Å². The van der Waals surface area contributed by atoms with E-state index in [2.05, 4.69) is 25.1 Å². The predicted molar refractivity (Wildman–Crippen MR) is 168 cm³/mol. The number of nitrogens with two attached hydrogens (primary N) is 1. The summed E-state index contributed by atoms with van der Waals surface area (Å²) in [5, 5.41) is 5.26. The molecule has 0 saturated carbocycles. The number of halogens is 1. The van der Waals surface area contributed by atoms with Gasteiger partial charge in [0.1, 0.15) is 23.4 Å². The van der Waals surface area contributed by atoms with Gasteiger partial charge in [-0.15, -0.1) is 0 Å². The van der Waals surface area contributed by atoms with Crippen LogP contribution in [0.25, 0.3) is 11.2 Å². The quantitative estimate of drug-likeness (QED) is 0.180. The van der Waals surface area contributed by atoms with Gasteiger partial charge in [-0.3, -0.25) is 23.3 Å². The van der Waals surface area contributed by atoms with Crippen LogP contribution in [0.2, 0.25) is 0 Å². The van der Waals surface area contributed by atoms with Crippen LogP contribution in [-0.2, 0) is 42.0 Å². The molecule has 4 N–H and O–H groups in total. The van der Waals surface area contributed by atoms with Crippen molar-refractivity contribution in [2.45, 2.75) is 98.2 Å². The third-order valence-electron chi connectivity index (χ3n) is 7.12. The standard InChI is InChI=1S/C27H46FN7O9P2/c1-14(2)42-25(36)16(5)33-45(9,38)40-11-19-27(8,12-41-46(10,39)34-17(6)26(37)43-15(3)4)21(28)24(44-19)35-13-30-20-22(29)31-18(7)32-23(20)35/h13-17,19,21,24H,11-12H2,1-10H3,(H,33,38)(H,34,39)(H2,29,31,32)/t16-,17-,19+,21?,24+,27-,45?,46?/m0/s1. The first-order valence-electron chi connectivity index (χ1n) is 14.8. The Labute approximate surface area is 268 Å². The molecule has 2 aromatic heterocycles. The largest absolute Gasteiger partial charge is 0.462 e. The fourth-order valence-electron chi connectivity index (χ4n) is 4.77. The minimum absolute atomic E-state index is 0.104. The van der Waals surface area contributed by atoms with E-state index in [4.69, 9.17) is 29.0 Å². The van der Waals surface area contributed by atoms with Gasteiger partial charge in [-0.05, 0) is 48.5 Å². The summed E-state index contributed by atoms with van der Waals surface area (Å²) >= 11 is 0. The Balaban J connectivity index is 1.87. The highest BCUT2D eigenvalue weighted by atomic mass is 31.2. The van der Waals surface area contributed by atoms with E-state index in [0.717, 1.165) is 0 Å². The molecule has 46 heavy (non-hydrogen) atoms. The Morgan fingerprint density at radius 3 is 2.07 bits per heavy atom. The van der Waals surface area contributed by atoms with Crippen LogP contribution >= 0.6 is 15.0 Å². The third-order valence-corrected chi connectivity index (χ3v) is 10.1. The van der Waals surface area contributed by atoms with Crippen molar-refractivity contribution in [1.29, 1.82) is 0 Å². The minimum Gasteiger partial charge on any atom is -0.462 e. The maximum absolute atomic E-state index is 16.6. The first-order valence-corrected chi connectivity index (χ1v) is 19.0. The summed E-state index contributed by atoms with van der Waals surface area (Å²) < 4.78 is 72.7. The van der Waals surface area contributed by atoms with Crippen LogP contribution in [0.1, 0.15) is 60.5 Å². The maximum Gasteiger partial charge on any atom is 0.323 e. The van der Waals surface area contributed by atoms with Crippen LogP contribution in [0.4, 0.5) is 10.2 Å². The molecule has 1 aliphatic heterocycles. The molecule has 0 bridgehead atoms. The summed E-state index contributed by atoms with van der Waals surface area (Å²) in [7, 11) is -7.38. The number of fused-ring (bicyclic) bond motifs is 1. The molecule has 3 heterocycles. The lowest BCUT2D eigenvalue weighted by Gasteiger charge is -2.33. The predicted octanol–water partition coefficient (Wildman–Crippen LogP) is 3.50. The zero-order chi connectivity index (χ0) is 34.8. The van der Waals surface area contributed by atoms with Crippen LogP contribution < -0.4 is 15.9 Å². The third kappa shape index (κ3) is 9.30. The highest BCUT2D eigenvalue weighted by Crippen LogP contribution is 2.51. The number of nitrogen functional groups attached to an aromatic ring is 1. The second kappa shape index (κ2) is 14.7. The van der Waals surface area contributed by atoms with Crippen molar-refractivity contribution in [3.05, 3.63) is 12.2 Å². The number of rotatable bonds is 15. The number of nitrogens with one attached hydrogen (secondary N) is 2. The van der Waals surface area contributed by atoms with E-state index in [1.165, 1.54) is 45.0 Å². The molecule has 1 saturated heterocycles. The summed E-state index contributed by atoms with van der Waals surface area (Å²) in [5.74, 6) is -0.822. The Kier molecular flexibility index (Phi) is 12.1. The minimum atomic E-state index is -3.71. The van der Waals surface area contributed by atoms with E-state index in [9.17, 15) is 18.7 Å². The number of esters is 2. The average molecular weight is 694 g/mol. The molecule has 16 nitrogen and oxygen atoms in total. The molecule has 0 radical (unpaired) electrons. The highest BCUT2D eigenvalue weighted by Gasteiger charge is 2.56. The molecule has 8 atom stereocenters. The first-order chi connectivity index (χ1) is 21.2. The number of hydrogen-bond acceptors (Lipinski definition) is 13. The van der Waals surface area contributed by atoms with Gasteiger partial charge in [0.05, 0.1) is 43.3 Å². The van der Waals surface area contributed by atoms with E-state index in [1.54, 1.807) is 34.6 Å². The second-order valence-electron chi connectivity index (χ2n) is 12.3. The van der Waals surface area contributed by atoms with E-state index >= 15 is 4.39 Å². The molecule has 0 amide bonds. The molecule has 0 aliphatic carbocycles. The summed E-state index contributed by atoms with van der Waals surface area (Å²) in [6.45, 7) is 14.5. The number of carbonyl (C=O) groups is 2. The molecular formula is C27H46FN7O9P2. The number of anilines is 1. The molecule has 260 valence electrons. The lowest BCUT2D eigenvalue weighted by Crippen LogP contribution is -2.43. The summed E-state index contributed by atoms with van der Waals surface area (Å²) in [6, 6.07) is -1.95.